The Morgan fingerprint density at radius 1 is 1.25 bits per heavy atom. The molecule has 1 heterocycles. The van der Waals surface area contributed by atoms with Crippen LogP contribution in [0, 0.1) is 5.82 Å². The molecule has 0 bridgehead atoms. The van der Waals surface area contributed by atoms with E-state index in [2.05, 4.69) is 17.2 Å². The van der Waals surface area contributed by atoms with Gasteiger partial charge in [-0.15, -0.1) is 0 Å². The van der Waals surface area contributed by atoms with Gasteiger partial charge in [-0.05, 0) is 43.1 Å². The van der Waals surface area contributed by atoms with Crippen LogP contribution in [0.4, 0.5) is 4.39 Å². The van der Waals surface area contributed by atoms with Crippen LogP contribution in [0.2, 0.25) is 5.02 Å². The van der Waals surface area contributed by atoms with Crippen LogP contribution >= 0.6 is 11.6 Å². The number of nitrogens with zero attached hydrogens (tertiary/aromatic N) is 1. The second-order valence-corrected chi connectivity index (χ2v) is 5.06. The van der Waals surface area contributed by atoms with E-state index >= 15 is 0 Å². The Bertz CT molecular complexity index is 545. The fourth-order valence-electron chi connectivity index (χ4n) is 2.11. The molecule has 2 aromatic rings. The van der Waals surface area contributed by atoms with E-state index in [-0.39, 0.29) is 16.9 Å². The molecule has 0 amide bonds. The fourth-order valence-corrected chi connectivity index (χ4v) is 2.31. The van der Waals surface area contributed by atoms with E-state index in [1.807, 2.05) is 24.3 Å². The van der Waals surface area contributed by atoms with E-state index in [4.69, 9.17) is 11.6 Å². The molecule has 1 aromatic heterocycles. The third-order valence-electron chi connectivity index (χ3n) is 3.14. The van der Waals surface area contributed by atoms with Gasteiger partial charge in [-0.2, -0.15) is 0 Å². The van der Waals surface area contributed by atoms with Crippen molar-refractivity contribution in [1.82, 2.24) is 10.3 Å². The lowest BCUT2D eigenvalue weighted by molar-refractivity contribution is 0.516. The Labute approximate surface area is 124 Å². The molecule has 4 heteroatoms. The highest BCUT2D eigenvalue weighted by molar-refractivity contribution is 6.31. The Hall–Kier alpha value is -1.45. The number of hydrogen-bond donors (Lipinski definition) is 1. The molecule has 0 saturated carbocycles. The van der Waals surface area contributed by atoms with Gasteiger partial charge < -0.3 is 5.32 Å². The molecule has 20 heavy (non-hydrogen) atoms. The number of rotatable bonds is 6. The molecule has 0 aliphatic heterocycles. The van der Waals surface area contributed by atoms with Gasteiger partial charge in [0.25, 0.3) is 0 Å². The lowest BCUT2D eigenvalue weighted by Gasteiger charge is -2.19. The highest BCUT2D eigenvalue weighted by Crippen LogP contribution is 2.24. The summed E-state index contributed by atoms with van der Waals surface area (Å²) in [5.41, 5.74) is 1.74. The van der Waals surface area contributed by atoms with Crippen LogP contribution in [0.25, 0.3) is 0 Å². The zero-order valence-corrected chi connectivity index (χ0v) is 12.2. The van der Waals surface area contributed by atoms with Crippen molar-refractivity contribution in [2.24, 2.45) is 0 Å². The maximum Gasteiger partial charge on any atom is 0.142 e. The third kappa shape index (κ3) is 3.78. The van der Waals surface area contributed by atoms with Gasteiger partial charge >= 0.3 is 0 Å². The summed E-state index contributed by atoms with van der Waals surface area (Å²) in [6.07, 6.45) is 3.41. The van der Waals surface area contributed by atoms with E-state index in [9.17, 15) is 4.39 Å². The van der Waals surface area contributed by atoms with Crippen molar-refractivity contribution < 1.29 is 4.39 Å². The molecule has 0 saturated heterocycles. The second-order valence-electron chi connectivity index (χ2n) is 4.68. The van der Waals surface area contributed by atoms with Crippen molar-refractivity contribution in [3.8, 4) is 0 Å². The minimum atomic E-state index is -0.376. The molecule has 1 atom stereocenters. The van der Waals surface area contributed by atoms with Crippen molar-refractivity contribution in [1.29, 1.82) is 0 Å². The minimum absolute atomic E-state index is 0.0375. The first-order chi connectivity index (χ1) is 9.72. The SMILES string of the molecule is CCCNC(Cc1cccc(F)c1Cl)c1ccccn1. The van der Waals surface area contributed by atoms with Crippen LogP contribution in [0.3, 0.4) is 0 Å². The highest BCUT2D eigenvalue weighted by Gasteiger charge is 2.15. The molecule has 106 valence electrons. The zero-order chi connectivity index (χ0) is 14.4. The molecule has 1 N–H and O–H groups in total. The second kappa shape index (κ2) is 7.36. The number of aromatic nitrogens is 1. The van der Waals surface area contributed by atoms with Crippen molar-refractivity contribution in [3.63, 3.8) is 0 Å². The molecular weight excluding hydrogens is 275 g/mol. The predicted molar refractivity (Wildman–Crippen MR) is 80.4 cm³/mol. The average Bonchev–Trinajstić information content (AvgIpc) is 2.48. The third-order valence-corrected chi connectivity index (χ3v) is 3.56. The molecule has 0 radical (unpaired) electrons. The van der Waals surface area contributed by atoms with Gasteiger partial charge in [-0.3, -0.25) is 4.98 Å². The number of benzene rings is 1. The summed E-state index contributed by atoms with van der Waals surface area (Å²) in [4.78, 5) is 4.38. The van der Waals surface area contributed by atoms with E-state index in [0.29, 0.717) is 6.42 Å². The molecule has 1 aromatic carbocycles. The van der Waals surface area contributed by atoms with E-state index in [0.717, 1.165) is 24.2 Å². The van der Waals surface area contributed by atoms with Gasteiger partial charge in [0.15, 0.2) is 0 Å². The van der Waals surface area contributed by atoms with Crippen LogP contribution in [0.5, 0.6) is 0 Å². The van der Waals surface area contributed by atoms with Gasteiger partial charge in [0.1, 0.15) is 5.82 Å². The summed E-state index contributed by atoms with van der Waals surface area (Å²) in [6.45, 7) is 2.99. The molecule has 2 rings (SSSR count). The largest absolute Gasteiger partial charge is 0.308 e. The smallest absolute Gasteiger partial charge is 0.142 e. The summed E-state index contributed by atoms with van der Waals surface area (Å²) in [5.74, 6) is -0.376. The van der Waals surface area contributed by atoms with Crippen molar-refractivity contribution in [2.45, 2.75) is 25.8 Å². The van der Waals surface area contributed by atoms with Gasteiger partial charge in [-0.1, -0.05) is 36.7 Å². The van der Waals surface area contributed by atoms with Crippen LogP contribution in [0.15, 0.2) is 42.6 Å². The molecule has 1 unspecified atom stereocenters. The van der Waals surface area contributed by atoms with E-state index in [1.165, 1.54) is 6.07 Å². The van der Waals surface area contributed by atoms with Crippen molar-refractivity contribution in [3.05, 3.63) is 64.7 Å². The Morgan fingerprint density at radius 3 is 2.80 bits per heavy atom. The fraction of sp³-hybridized carbons (Fsp3) is 0.312. The number of pyridine rings is 1. The Kier molecular flexibility index (Phi) is 5.50. The normalized spacial score (nSPS) is 12.3. The summed E-state index contributed by atoms with van der Waals surface area (Å²) >= 11 is 6.04. The molecule has 2 nitrogen and oxygen atoms in total. The highest BCUT2D eigenvalue weighted by atomic mass is 35.5. The maximum atomic E-state index is 13.5. The summed E-state index contributed by atoms with van der Waals surface area (Å²) < 4.78 is 13.5. The van der Waals surface area contributed by atoms with Crippen LogP contribution < -0.4 is 5.32 Å². The minimum Gasteiger partial charge on any atom is -0.308 e. The first-order valence-electron chi connectivity index (χ1n) is 6.79. The molecule has 0 aliphatic rings. The topological polar surface area (TPSA) is 24.9 Å². The van der Waals surface area contributed by atoms with Crippen molar-refractivity contribution >= 4 is 11.6 Å². The van der Waals surface area contributed by atoms with E-state index < -0.39 is 0 Å². The van der Waals surface area contributed by atoms with Crippen LogP contribution in [0.1, 0.15) is 30.6 Å². The maximum absolute atomic E-state index is 13.5. The van der Waals surface area contributed by atoms with Gasteiger partial charge in [0.05, 0.1) is 16.8 Å². The first kappa shape index (κ1) is 14.9. The number of nitrogens with one attached hydrogen (secondary N) is 1. The van der Waals surface area contributed by atoms with Crippen LogP contribution in [-0.2, 0) is 6.42 Å². The molecular formula is C16H18ClFN2. The predicted octanol–water partition coefficient (Wildman–Crippen LogP) is 4.16. The lowest BCUT2D eigenvalue weighted by atomic mass is 10.0. The number of hydrogen-bond acceptors (Lipinski definition) is 2. The van der Waals surface area contributed by atoms with Gasteiger partial charge in [0, 0.05) is 6.20 Å². The summed E-state index contributed by atoms with van der Waals surface area (Å²) in [5, 5.41) is 3.64. The molecule has 0 aliphatic carbocycles. The quantitative estimate of drug-likeness (QED) is 0.865. The lowest BCUT2D eigenvalue weighted by Crippen LogP contribution is -2.25. The Morgan fingerprint density at radius 2 is 2.10 bits per heavy atom. The van der Waals surface area contributed by atoms with Crippen LogP contribution in [-0.4, -0.2) is 11.5 Å². The number of halogens is 2. The monoisotopic (exact) mass is 292 g/mol. The summed E-state index contributed by atoms with van der Waals surface area (Å²) in [6, 6.07) is 10.8. The van der Waals surface area contributed by atoms with Gasteiger partial charge in [-0.25, -0.2) is 4.39 Å². The standard InChI is InChI=1S/C16H18ClFN2/c1-2-9-19-15(14-8-3-4-10-20-14)11-12-6-5-7-13(18)16(12)17/h3-8,10,15,19H,2,9,11H2,1H3. The average molecular weight is 293 g/mol. The summed E-state index contributed by atoms with van der Waals surface area (Å²) in [7, 11) is 0. The molecule has 0 spiro atoms. The van der Waals surface area contributed by atoms with Gasteiger partial charge in [0.2, 0.25) is 0 Å². The van der Waals surface area contributed by atoms with Crippen molar-refractivity contribution in [2.75, 3.05) is 6.54 Å². The first-order valence-corrected chi connectivity index (χ1v) is 7.17. The van der Waals surface area contributed by atoms with E-state index in [1.54, 1.807) is 12.3 Å². The zero-order valence-electron chi connectivity index (χ0n) is 11.4. The molecule has 0 fully saturated rings. The Balaban J connectivity index is 2.21.